The van der Waals surface area contributed by atoms with E-state index in [0.717, 1.165) is 16.9 Å². The molecule has 0 aliphatic carbocycles. The molecule has 5 nitrogen and oxygen atoms in total. The topological polar surface area (TPSA) is 59.6 Å². The number of ether oxygens (including phenoxy) is 2. The van der Waals surface area contributed by atoms with E-state index >= 15 is 0 Å². The van der Waals surface area contributed by atoms with Crippen LogP contribution < -0.4 is 20.1 Å². The Bertz CT molecular complexity index is 691. The Morgan fingerprint density at radius 2 is 1.73 bits per heavy atom. The molecule has 0 radical (unpaired) electrons. The minimum Gasteiger partial charge on any atom is -0.454 e. The molecule has 2 aromatic rings. The van der Waals surface area contributed by atoms with Crippen LogP contribution in [0.25, 0.3) is 0 Å². The Balaban J connectivity index is 1.48. The molecule has 1 aliphatic rings. The van der Waals surface area contributed by atoms with E-state index in [-0.39, 0.29) is 12.8 Å². The SMILES string of the molecule is O=C(NCc1cccc(Cl)c1)NCc1ccc2c(c1)OCO2. The molecular weight excluding hydrogens is 304 g/mol. The molecule has 0 saturated heterocycles. The number of carbonyl (C=O) groups excluding carboxylic acids is 1. The lowest BCUT2D eigenvalue weighted by molar-refractivity contribution is 0.174. The highest BCUT2D eigenvalue weighted by Gasteiger charge is 2.13. The molecule has 2 amide bonds. The highest BCUT2D eigenvalue weighted by Crippen LogP contribution is 2.32. The zero-order valence-electron chi connectivity index (χ0n) is 11.8. The first-order valence-electron chi connectivity index (χ1n) is 6.85. The van der Waals surface area contributed by atoms with E-state index in [0.29, 0.717) is 23.9 Å². The van der Waals surface area contributed by atoms with Gasteiger partial charge in [-0.25, -0.2) is 4.79 Å². The van der Waals surface area contributed by atoms with Gasteiger partial charge in [0.15, 0.2) is 11.5 Å². The molecule has 2 aromatic carbocycles. The van der Waals surface area contributed by atoms with Gasteiger partial charge in [-0.05, 0) is 35.4 Å². The van der Waals surface area contributed by atoms with Gasteiger partial charge >= 0.3 is 6.03 Å². The summed E-state index contributed by atoms with van der Waals surface area (Å²) >= 11 is 5.90. The minimum atomic E-state index is -0.238. The zero-order chi connectivity index (χ0) is 15.4. The third-order valence-corrected chi connectivity index (χ3v) is 3.47. The van der Waals surface area contributed by atoms with Crippen molar-refractivity contribution in [1.29, 1.82) is 0 Å². The molecule has 0 spiro atoms. The van der Waals surface area contributed by atoms with E-state index in [1.807, 2.05) is 36.4 Å². The average Bonchev–Trinajstić information content (AvgIpc) is 2.98. The van der Waals surface area contributed by atoms with Crippen molar-refractivity contribution >= 4 is 17.6 Å². The summed E-state index contributed by atoms with van der Waals surface area (Å²) in [5.41, 5.74) is 1.90. The zero-order valence-corrected chi connectivity index (χ0v) is 12.5. The van der Waals surface area contributed by atoms with Crippen LogP contribution in [0.2, 0.25) is 5.02 Å². The fourth-order valence-corrected chi connectivity index (χ4v) is 2.34. The number of hydrogen-bond acceptors (Lipinski definition) is 3. The summed E-state index contributed by atoms with van der Waals surface area (Å²) in [7, 11) is 0. The predicted molar refractivity (Wildman–Crippen MR) is 83.1 cm³/mol. The Morgan fingerprint density at radius 3 is 2.50 bits per heavy atom. The van der Waals surface area contributed by atoms with Crippen LogP contribution in [0.5, 0.6) is 11.5 Å². The number of nitrogens with one attached hydrogen (secondary N) is 2. The first kappa shape index (κ1) is 14.5. The van der Waals surface area contributed by atoms with Gasteiger partial charge in [-0.15, -0.1) is 0 Å². The number of amides is 2. The molecule has 0 bridgehead atoms. The van der Waals surface area contributed by atoms with Crippen LogP contribution in [0, 0.1) is 0 Å². The van der Waals surface area contributed by atoms with Crippen LogP contribution in [0.3, 0.4) is 0 Å². The predicted octanol–water partition coefficient (Wildman–Crippen LogP) is 3.07. The summed E-state index contributed by atoms with van der Waals surface area (Å²) in [5.74, 6) is 1.44. The number of hydrogen-bond donors (Lipinski definition) is 2. The van der Waals surface area contributed by atoms with Crippen molar-refractivity contribution in [2.24, 2.45) is 0 Å². The van der Waals surface area contributed by atoms with Crippen LogP contribution >= 0.6 is 11.6 Å². The summed E-state index contributed by atoms with van der Waals surface area (Å²) < 4.78 is 10.5. The third-order valence-electron chi connectivity index (χ3n) is 3.23. The van der Waals surface area contributed by atoms with Crippen LogP contribution in [0.15, 0.2) is 42.5 Å². The second kappa shape index (κ2) is 6.58. The third kappa shape index (κ3) is 3.62. The molecule has 0 aromatic heterocycles. The molecule has 0 unspecified atom stereocenters. The van der Waals surface area contributed by atoms with Crippen LogP contribution in [-0.2, 0) is 13.1 Å². The highest BCUT2D eigenvalue weighted by molar-refractivity contribution is 6.30. The molecule has 1 heterocycles. The van der Waals surface area contributed by atoms with Crippen molar-refractivity contribution in [2.75, 3.05) is 6.79 Å². The Labute approximate surface area is 133 Å². The number of urea groups is 1. The van der Waals surface area contributed by atoms with Gasteiger partial charge in [0.1, 0.15) is 0 Å². The molecule has 6 heteroatoms. The number of fused-ring (bicyclic) bond motifs is 1. The van der Waals surface area contributed by atoms with E-state index in [4.69, 9.17) is 21.1 Å². The van der Waals surface area contributed by atoms with Gasteiger partial charge < -0.3 is 20.1 Å². The first-order chi connectivity index (χ1) is 10.7. The summed E-state index contributed by atoms with van der Waals surface area (Å²) in [6.45, 7) is 1.08. The molecule has 2 N–H and O–H groups in total. The highest BCUT2D eigenvalue weighted by atomic mass is 35.5. The van der Waals surface area contributed by atoms with Crippen LogP contribution in [-0.4, -0.2) is 12.8 Å². The van der Waals surface area contributed by atoms with Crippen LogP contribution in [0.4, 0.5) is 4.79 Å². The fourth-order valence-electron chi connectivity index (χ4n) is 2.13. The van der Waals surface area contributed by atoms with Gasteiger partial charge in [0.05, 0.1) is 0 Å². The summed E-state index contributed by atoms with van der Waals surface area (Å²) in [4.78, 5) is 11.8. The monoisotopic (exact) mass is 318 g/mol. The number of rotatable bonds is 4. The average molecular weight is 319 g/mol. The lowest BCUT2D eigenvalue weighted by atomic mass is 10.2. The lowest BCUT2D eigenvalue weighted by Gasteiger charge is -2.08. The van der Waals surface area contributed by atoms with E-state index in [1.165, 1.54) is 0 Å². The van der Waals surface area contributed by atoms with Crippen molar-refractivity contribution in [2.45, 2.75) is 13.1 Å². The quantitative estimate of drug-likeness (QED) is 0.911. The molecule has 114 valence electrons. The van der Waals surface area contributed by atoms with E-state index in [1.54, 1.807) is 6.07 Å². The van der Waals surface area contributed by atoms with Gasteiger partial charge in [0.25, 0.3) is 0 Å². The molecule has 0 atom stereocenters. The summed E-state index contributed by atoms with van der Waals surface area (Å²) in [6.07, 6.45) is 0. The minimum absolute atomic E-state index is 0.238. The first-order valence-corrected chi connectivity index (χ1v) is 7.23. The maximum atomic E-state index is 11.8. The van der Waals surface area contributed by atoms with Gasteiger partial charge in [0.2, 0.25) is 6.79 Å². The van der Waals surface area contributed by atoms with Gasteiger partial charge in [0, 0.05) is 18.1 Å². The Kier molecular flexibility index (Phi) is 4.34. The van der Waals surface area contributed by atoms with Gasteiger partial charge in [-0.3, -0.25) is 0 Å². The number of carbonyl (C=O) groups is 1. The second-order valence-electron chi connectivity index (χ2n) is 4.85. The molecular formula is C16H15ClN2O3. The Morgan fingerprint density at radius 1 is 1.00 bits per heavy atom. The molecule has 0 saturated carbocycles. The maximum Gasteiger partial charge on any atom is 0.315 e. The molecule has 3 rings (SSSR count). The largest absolute Gasteiger partial charge is 0.454 e. The van der Waals surface area contributed by atoms with Crippen molar-refractivity contribution in [1.82, 2.24) is 10.6 Å². The lowest BCUT2D eigenvalue weighted by Crippen LogP contribution is -2.34. The summed E-state index contributed by atoms with van der Waals surface area (Å²) in [6, 6.07) is 12.7. The van der Waals surface area contributed by atoms with Gasteiger partial charge in [-0.1, -0.05) is 29.8 Å². The standard InChI is InChI=1S/C16H15ClN2O3/c17-13-3-1-2-11(6-13)8-18-16(20)19-9-12-4-5-14-15(7-12)22-10-21-14/h1-7H,8-10H2,(H2,18,19,20). The van der Waals surface area contributed by atoms with E-state index in [9.17, 15) is 4.79 Å². The second-order valence-corrected chi connectivity index (χ2v) is 5.29. The maximum absolute atomic E-state index is 11.8. The van der Waals surface area contributed by atoms with Crippen LogP contribution in [0.1, 0.15) is 11.1 Å². The molecule has 1 aliphatic heterocycles. The Hall–Kier alpha value is -2.40. The van der Waals surface area contributed by atoms with Gasteiger partial charge in [-0.2, -0.15) is 0 Å². The molecule has 22 heavy (non-hydrogen) atoms. The smallest absolute Gasteiger partial charge is 0.315 e. The van der Waals surface area contributed by atoms with Crippen molar-refractivity contribution in [3.8, 4) is 11.5 Å². The van der Waals surface area contributed by atoms with Crippen molar-refractivity contribution in [3.05, 3.63) is 58.6 Å². The fraction of sp³-hybridized carbons (Fsp3) is 0.188. The van der Waals surface area contributed by atoms with Crippen molar-refractivity contribution in [3.63, 3.8) is 0 Å². The number of halogens is 1. The summed E-state index contributed by atoms with van der Waals surface area (Å²) in [5, 5.41) is 6.23. The molecule has 0 fully saturated rings. The number of benzene rings is 2. The van der Waals surface area contributed by atoms with Crippen molar-refractivity contribution < 1.29 is 14.3 Å². The van der Waals surface area contributed by atoms with E-state index in [2.05, 4.69) is 10.6 Å². The van der Waals surface area contributed by atoms with E-state index < -0.39 is 0 Å². The normalized spacial score (nSPS) is 12.0.